The summed E-state index contributed by atoms with van der Waals surface area (Å²) in [4.78, 5) is 40.0. The van der Waals surface area contributed by atoms with Gasteiger partial charge in [-0.05, 0) is 25.2 Å². The van der Waals surface area contributed by atoms with Crippen LogP contribution in [0, 0.1) is 5.92 Å². The van der Waals surface area contributed by atoms with Crippen LogP contribution in [-0.2, 0) is 9.59 Å². The van der Waals surface area contributed by atoms with Crippen LogP contribution in [0.5, 0.6) is 0 Å². The van der Waals surface area contributed by atoms with Crippen LogP contribution in [-0.4, -0.2) is 58.9 Å². The van der Waals surface area contributed by atoms with E-state index in [1.54, 1.807) is 4.90 Å². The quantitative estimate of drug-likeness (QED) is 0.712. The fraction of sp³-hybridized carbons (Fsp3) is 0.800. The molecule has 2 aliphatic heterocycles. The number of amides is 4. The molecule has 3 aliphatic rings. The molecule has 1 spiro atoms. The van der Waals surface area contributed by atoms with Crippen LogP contribution in [0.4, 0.5) is 4.79 Å². The largest absolute Gasteiger partial charge is 0.340 e. The minimum absolute atomic E-state index is 0. The third-order valence-electron chi connectivity index (χ3n) is 5.37. The first-order valence-electron chi connectivity index (χ1n) is 8.11. The first-order valence-corrected chi connectivity index (χ1v) is 8.11. The molecular formula is C15H25ClN4O3. The summed E-state index contributed by atoms with van der Waals surface area (Å²) >= 11 is 0. The molecule has 4 amide bonds. The molecule has 0 aromatic carbocycles. The van der Waals surface area contributed by atoms with Crippen molar-refractivity contribution >= 4 is 30.3 Å². The lowest BCUT2D eigenvalue weighted by molar-refractivity contribution is -0.140. The van der Waals surface area contributed by atoms with Gasteiger partial charge in [0.15, 0.2) is 0 Å². The number of carbonyl (C=O) groups excluding carboxylic acids is 3. The maximum Gasteiger partial charge on any atom is 0.325 e. The zero-order valence-electron chi connectivity index (χ0n) is 13.4. The number of carbonyl (C=O) groups is 3. The zero-order valence-corrected chi connectivity index (χ0v) is 14.2. The number of rotatable bonds is 2. The van der Waals surface area contributed by atoms with E-state index in [4.69, 9.17) is 5.73 Å². The Kier molecular flexibility index (Phi) is 5.20. The van der Waals surface area contributed by atoms with Crippen LogP contribution in [0.25, 0.3) is 0 Å². The second kappa shape index (κ2) is 6.65. The summed E-state index contributed by atoms with van der Waals surface area (Å²) in [5.74, 6) is -0.323. The van der Waals surface area contributed by atoms with Gasteiger partial charge >= 0.3 is 6.03 Å². The molecule has 1 saturated carbocycles. The fourth-order valence-corrected chi connectivity index (χ4v) is 3.89. The summed E-state index contributed by atoms with van der Waals surface area (Å²) in [6.07, 6.45) is 4.37. The first-order chi connectivity index (χ1) is 10.4. The highest BCUT2D eigenvalue weighted by molar-refractivity contribution is 6.09. The van der Waals surface area contributed by atoms with Crippen molar-refractivity contribution in [3.63, 3.8) is 0 Å². The van der Waals surface area contributed by atoms with Crippen molar-refractivity contribution < 1.29 is 14.4 Å². The molecule has 0 bridgehead atoms. The Hall–Kier alpha value is -1.34. The predicted octanol–water partition coefficient (Wildman–Crippen LogP) is 0.469. The van der Waals surface area contributed by atoms with Gasteiger partial charge in [0.1, 0.15) is 12.1 Å². The minimum Gasteiger partial charge on any atom is -0.340 e. The van der Waals surface area contributed by atoms with Crippen molar-refractivity contribution in [2.75, 3.05) is 19.6 Å². The Morgan fingerprint density at radius 2 is 2.09 bits per heavy atom. The fourth-order valence-electron chi connectivity index (χ4n) is 3.89. The summed E-state index contributed by atoms with van der Waals surface area (Å²) in [6.45, 7) is 2.93. The van der Waals surface area contributed by atoms with Crippen molar-refractivity contribution in [1.29, 1.82) is 0 Å². The van der Waals surface area contributed by atoms with E-state index in [-0.39, 0.29) is 42.7 Å². The Morgan fingerprint density at radius 3 is 2.70 bits per heavy atom. The third-order valence-corrected chi connectivity index (χ3v) is 5.37. The lowest BCUT2D eigenvalue weighted by atomic mass is 9.73. The molecule has 3 rings (SSSR count). The molecule has 130 valence electrons. The highest BCUT2D eigenvalue weighted by atomic mass is 35.5. The number of imide groups is 1. The molecule has 0 aromatic rings. The van der Waals surface area contributed by atoms with Gasteiger partial charge in [0.05, 0.1) is 0 Å². The summed E-state index contributed by atoms with van der Waals surface area (Å²) in [6, 6.07) is -0.438. The Bertz CT molecular complexity index is 515. The van der Waals surface area contributed by atoms with Gasteiger partial charge in [0.25, 0.3) is 5.91 Å². The van der Waals surface area contributed by atoms with E-state index in [9.17, 15) is 14.4 Å². The number of halogens is 1. The van der Waals surface area contributed by atoms with Gasteiger partial charge in [0.2, 0.25) is 5.91 Å². The number of urea groups is 1. The highest BCUT2D eigenvalue weighted by Crippen LogP contribution is 2.38. The van der Waals surface area contributed by atoms with Crippen LogP contribution in [0.15, 0.2) is 0 Å². The van der Waals surface area contributed by atoms with Crippen LogP contribution in [0.1, 0.15) is 39.0 Å². The molecule has 3 N–H and O–H groups in total. The van der Waals surface area contributed by atoms with E-state index >= 15 is 0 Å². The van der Waals surface area contributed by atoms with Crippen LogP contribution in [0.2, 0.25) is 0 Å². The molecule has 8 heteroatoms. The number of hydrogen-bond acceptors (Lipinski definition) is 4. The Balaban J connectivity index is 0.00000192. The lowest BCUT2D eigenvalue weighted by Gasteiger charge is -2.36. The van der Waals surface area contributed by atoms with E-state index < -0.39 is 11.6 Å². The molecule has 3 fully saturated rings. The van der Waals surface area contributed by atoms with Gasteiger partial charge in [0, 0.05) is 19.1 Å². The molecule has 2 saturated heterocycles. The average molecular weight is 345 g/mol. The average Bonchev–Trinajstić information content (AvgIpc) is 3.01. The van der Waals surface area contributed by atoms with Crippen molar-refractivity contribution in [3.05, 3.63) is 0 Å². The standard InChI is InChI=1S/C15H24N4O3.ClH/c1-10-4-2-3-6-15(10)13(21)19(14(22)17-15)9-12(20)18-7-5-11(16)8-18;/h10-11H,2-9,16H2,1H3,(H,17,22);1H/t10?,11-,15?;/m1./s1. The molecule has 7 nitrogen and oxygen atoms in total. The van der Waals surface area contributed by atoms with E-state index in [1.165, 1.54) is 0 Å². The SMILES string of the molecule is CC1CCCCC12NC(=O)N(CC(=O)N1CC[C@@H](N)C1)C2=O.Cl. The molecule has 0 radical (unpaired) electrons. The van der Waals surface area contributed by atoms with E-state index in [0.29, 0.717) is 19.5 Å². The van der Waals surface area contributed by atoms with Crippen molar-refractivity contribution in [2.24, 2.45) is 11.7 Å². The highest BCUT2D eigenvalue weighted by Gasteiger charge is 2.55. The van der Waals surface area contributed by atoms with Gasteiger partial charge in [-0.3, -0.25) is 14.5 Å². The second-order valence-electron chi connectivity index (χ2n) is 6.83. The van der Waals surface area contributed by atoms with E-state index in [0.717, 1.165) is 30.6 Å². The Labute approximate surface area is 142 Å². The molecule has 23 heavy (non-hydrogen) atoms. The molecule has 2 unspecified atom stereocenters. The van der Waals surface area contributed by atoms with Gasteiger partial charge in [-0.2, -0.15) is 0 Å². The number of hydrogen-bond donors (Lipinski definition) is 2. The lowest BCUT2D eigenvalue weighted by Crippen LogP contribution is -2.54. The number of likely N-dealkylation sites (tertiary alicyclic amines) is 1. The van der Waals surface area contributed by atoms with Gasteiger partial charge < -0.3 is 16.0 Å². The molecule has 0 aromatic heterocycles. The number of nitrogens with one attached hydrogen (secondary N) is 1. The zero-order chi connectivity index (χ0) is 15.9. The molecule has 2 heterocycles. The minimum atomic E-state index is -0.795. The third kappa shape index (κ3) is 3.04. The smallest absolute Gasteiger partial charge is 0.325 e. The summed E-state index contributed by atoms with van der Waals surface area (Å²) < 4.78 is 0. The monoisotopic (exact) mass is 344 g/mol. The predicted molar refractivity (Wildman–Crippen MR) is 87.0 cm³/mol. The number of nitrogens with two attached hydrogens (primary N) is 1. The maximum atomic E-state index is 12.8. The Morgan fingerprint density at radius 1 is 1.35 bits per heavy atom. The van der Waals surface area contributed by atoms with E-state index in [2.05, 4.69) is 5.32 Å². The van der Waals surface area contributed by atoms with E-state index in [1.807, 2.05) is 6.92 Å². The van der Waals surface area contributed by atoms with Crippen molar-refractivity contribution in [2.45, 2.75) is 50.6 Å². The topological polar surface area (TPSA) is 95.7 Å². The summed E-state index contributed by atoms with van der Waals surface area (Å²) in [5.41, 5.74) is 5.01. The van der Waals surface area contributed by atoms with Crippen LogP contribution in [0.3, 0.4) is 0 Å². The second-order valence-corrected chi connectivity index (χ2v) is 6.83. The van der Waals surface area contributed by atoms with Gasteiger partial charge in [-0.1, -0.05) is 19.8 Å². The first kappa shape index (κ1) is 18.0. The van der Waals surface area contributed by atoms with Crippen LogP contribution >= 0.6 is 12.4 Å². The van der Waals surface area contributed by atoms with Crippen molar-refractivity contribution in [3.8, 4) is 0 Å². The normalized spacial score (nSPS) is 33.8. The van der Waals surface area contributed by atoms with Crippen LogP contribution < -0.4 is 11.1 Å². The number of nitrogens with zero attached hydrogens (tertiary/aromatic N) is 2. The van der Waals surface area contributed by atoms with Gasteiger partial charge in [-0.15, -0.1) is 12.4 Å². The van der Waals surface area contributed by atoms with Gasteiger partial charge in [-0.25, -0.2) is 4.79 Å². The molecular weight excluding hydrogens is 320 g/mol. The maximum absolute atomic E-state index is 12.8. The van der Waals surface area contributed by atoms with Crippen molar-refractivity contribution in [1.82, 2.24) is 15.1 Å². The summed E-state index contributed by atoms with van der Waals surface area (Å²) in [5, 5.41) is 2.87. The molecule has 1 aliphatic carbocycles. The molecule has 3 atom stereocenters. The summed E-state index contributed by atoms with van der Waals surface area (Å²) in [7, 11) is 0.